The van der Waals surface area contributed by atoms with Gasteiger partial charge in [0.05, 0.1) is 16.3 Å². The number of aryl methyl sites for hydroxylation is 4. The Morgan fingerprint density at radius 1 is 1.18 bits per heavy atom. The summed E-state index contributed by atoms with van der Waals surface area (Å²) in [7, 11) is 0. The fourth-order valence-electron chi connectivity index (χ4n) is 4.16. The van der Waals surface area contributed by atoms with Gasteiger partial charge in [-0.1, -0.05) is 31.7 Å². The number of aromatic nitrogens is 2. The van der Waals surface area contributed by atoms with Crippen LogP contribution in [0.2, 0.25) is 0 Å². The van der Waals surface area contributed by atoms with E-state index < -0.39 is 17.2 Å². The number of nitrogens with zero attached hydrogens (tertiary/aromatic N) is 2. The van der Waals surface area contributed by atoms with Crippen molar-refractivity contribution in [1.29, 1.82) is 0 Å². The molecule has 0 spiro atoms. The third-order valence-corrected chi connectivity index (χ3v) is 8.73. The Morgan fingerprint density at radius 3 is 2.58 bits per heavy atom. The van der Waals surface area contributed by atoms with Crippen molar-refractivity contribution in [2.45, 2.75) is 63.8 Å². The van der Waals surface area contributed by atoms with Crippen molar-refractivity contribution < 1.29 is 9.59 Å². The van der Waals surface area contributed by atoms with Gasteiger partial charge in [-0.25, -0.2) is 9.78 Å². The van der Waals surface area contributed by atoms with Crippen molar-refractivity contribution in [2.75, 3.05) is 0 Å². The molecule has 3 amide bonds. The number of rotatable bonds is 5. The predicted molar refractivity (Wildman–Crippen MR) is 134 cm³/mol. The number of fused-ring (bicyclic) bond motifs is 3. The van der Waals surface area contributed by atoms with Gasteiger partial charge in [0.15, 0.2) is 5.16 Å². The number of hydrogen-bond acceptors (Lipinski definition) is 6. The molecule has 1 atom stereocenters. The van der Waals surface area contributed by atoms with Crippen LogP contribution in [0.5, 0.6) is 0 Å². The minimum atomic E-state index is -0.896. The van der Waals surface area contributed by atoms with E-state index in [4.69, 9.17) is 10.7 Å². The van der Waals surface area contributed by atoms with Crippen LogP contribution in [0.15, 0.2) is 28.2 Å². The smallest absolute Gasteiger partial charge is 0.318 e. The lowest BCUT2D eigenvalue weighted by Gasteiger charge is -2.21. The molecule has 0 saturated carbocycles. The molecule has 1 aliphatic rings. The third kappa shape index (κ3) is 4.56. The summed E-state index contributed by atoms with van der Waals surface area (Å²) in [4.78, 5) is 44.8. The third-order valence-electron chi connectivity index (χ3n) is 6.05. The Kier molecular flexibility index (Phi) is 6.63. The van der Waals surface area contributed by atoms with E-state index in [9.17, 15) is 14.4 Å². The van der Waals surface area contributed by atoms with Crippen LogP contribution in [-0.2, 0) is 17.6 Å². The predicted octanol–water partition coefficient (Wildman–Crippen LogP) is 4.25. The monoisotopic (exact) mass is 484 g/mol. The van der Waals surface area contributed by atoms with E-state index >= 15 is 0 Å². The Hall–Kier alpha value is -2.65. The van der Waals surface area contributed by atoms with Gasteiger partial charge in [-0.2, -0.15) is 0 Å². The number of thioether (sulfide) groups is 1. The first-order valence-electron chi connectivity index (χ1n) is 11.1. The van der Waals surface area contributed by atoms with E-state index in [1.54, 1.807) is 15.9 Å². The second-order valence-corrected chi connectivity index (χ2v) is 11.0. The lowest BCUT2D eigenvalue weighted by molar-refractivity contribution is -0.120. The number of urea groups is 1. The lowest BCUT2D eigenvalue weighted by atomic mass is 9.97. The Morgan fingerprint density at radius 2 is 1.91 bits per heavy atom. The molecule has 0 bridgehead atoms. The molecule has 1 aromatic carbocycles. The summed E-state index contributed by atoms with van der Waals surface area (Å²) >= 11 is 2.77. The van der Waals surface area contributed by atoms with E-state index in [0.29, 0.717) is 21.1 Å². The van der Waals surface area contributed by atoms with Gasteiger partial charge in [0, 0.05) is 4.88 Å². The van der Waals surface area contributed by atoms with Crippen LogP contribution in [0.25, 0.3) is 15.9 Å². The molecular formula is C24H28N4O3S2. The highest BCUT2D eigenvalue weighted by Gasteiger charge is 2.29. The van der Waals surface area contributed by atoms with Gasteiger partial charge in [-0.05, 0) is 74.3 Å². The quantitative estimate of drug-likeness (QED) is 0.416. The average molecular weight is 485 g/mol. The molecule has 2 aromatic heterocycles. The fourth-order valence-corrected chi connectivity index (χ4v) is 6.57. The second-order valence-electron chi connectivity index (χ2n) is 8.83. The van der Waals surface area contributed by atoms with Crippen molar-refractivity contribution in [3.8, 4) is 5.69 Å². The molecule has 7 nitrogen and oxygen atoms in total. The van der Waals surface area contributed by atoms with Crippen molar-refractivity contribution in [3.63, 3.8) is 0 Å². The number of imide groups is 1. The summed E-state index contributed by atoms with van der Waals surface area (Å²) in [5.41, 5.74) is 9.11. The summed E-state index contributed by atoms with van der Waals surface area (Å²) < 4.78 is 1.62. The van der Waals surface area contributed by atoms with Gasteiger partial charge >= 0.3 is 6.03 Å². The molecule has 1 aliphatic carbocycles. The number of nitrogens with two attached hydrogens (primary N) is 1. The van der Waals surface area contributed by atoms with E-state index in [0.717, 1.165) is 42.4 Å². The number of carbonyl (C=O) groups excluding carboxylic acids is 2. The number of nitrogens with one attached hydrogen (secondary N) is 1. The Balaban J connectivity index is 1.93. The molecule has 9 heteroatoms. The maximum absolute atomic E-state index is 13.9. The zero-order valence-corrected chi connectivity index (χ0v) is 20.9. The number of benzene rings is 1. The fraction of sp³-hybridized carbons (Fsp3) is 0.417. The van der Waals surface area contributed by atoms with Crippen molar-refractivity contribution in [2.24, 2.45) is 11.7 Å². The molecule has 0 fully saturated rings. The molecule has 33 heavy (non-hydrogen) atoms. The largest absolute Gasteiger partial charge is 0.351 e. The minimum absolute atomic E-state index is 0.108. The summed E-state index contributed by atoms with van der Waals surface area (Å²) in [5, 5.41) is 2.67. The van der Waals surface area contributed by atoms with E-state index in [2.05, 4.69) is 5.32 Å². The molecular weight excluding hydrogens is 456 g/mol. The van der Waals surface area contributed by atoms with Crippen LogP contribution in [0.4, 0.5) is 4.79 Å². The summed E-state index contributed by atoms with van der Waals surface area (Å²) in [6.45, 7) is 7.81. The normalized spacial score (nSPS) is 14.3. The Bertz CT molecular complexity index is 1310. The zero-order valence-electron chi connectivity index (χ0n) is 19.2. The van der Waals surface area contributed by atoms with Crippen LogP contribution in [0, 0.1) is 19.8 Å². The van der Waals surface area contributed by atoms with Gasteiger partial charge in [0.1, 0.15) is 4.83 Å². The molecule has 1 unspecified atom stereocenters. The molecule has 174 valence electrons. The van der Waals surface area contributed by atoms with Crippen LogP contribution in [0.1, 0.15) is 48.3 Å². The number of carbonyl (C=O) groups is 2. The standard InChI is InChI=1S/C24H28N4O3S2/c1-12(2)19(20(29)26-23(25)31)33-24-27-21-18(16-7-5-6-8-17(16)32-21)22(30)28(24)15-10-9-13(3)14(4)11-15/h9-12,19H,5-8H2,1-4H3,(H3,25,26,29,31). The highest BCUT2D eigenvalue weighted by atomic mass is 32.2. The van der Waals surface area contributed by atoms with Gasteiger partial charge < -0.3 is 5.73 Å². The van der Waals surface area contributed by atoms with Gasteiger partial charge in [0.25, 0.3) is 5.56 Å². The maximum Gasteiger partial charge on any atom is 0.318 e. The van der Waals surface area contributed by atoms with Gasteiger partial charge in [-0.15, -0.1) is 11.3 Å². The van der Waals surface area contributed by atoms with Gasteiger partial charge in [-0.3, -0.25) is 19.5 Å². The number of hydrogen-bond donors (Lipinski definition) is 2. The van der Waals surface area contributed by atoms with E-state index in [1.165, 1.54) is 16.6 Å². The summed E-state index contributed by atoms with van der Waals surface area (Å²) in [5.74, 6) is -0.611. The molecule has 3 N–H and O–H groups in total. The molecule has 0 saturated heterocycles. The topological polar surface area (TPSA) is 107 Å². The average Bonchev–Trinajstić information content (AvgIpc) is 3.12. The first kappa shape index (κ1) is 23.5. The molecule has 4 rings (SSSR count). The van der Waals surface area contributed by atoms with E-state index in [1.807, 2.05) is 45.9 Å². The molecule has 2 heterocycles. The van der Waals surface area contributed by atoms with Crippen molar-refractivity contribution in [3.05, 3.63) is 50.1 Å². The van der Waals surface area contributed by atoms with Gasteiger partial charge in [0.2, 0.25) is 5.91 Å². The lowest BCUT2D eigenvalue weighted by Crippen LogP contribution is -2.42. The summed E-state index contributed by atoms with van der Waals surface area (Å²) in [6, 6.07) is 4.97. The summed E-state index contributed by atoms with van der Waals surface area (Å²) in [6.07, 6.45) is 4.05. The van der Waals surface area contributed by atoms with E-state index in [-0.39, 0.29) is 11.5 Å². The number of amides is 3. The minimum Gasteiger partial charge on any atom is -0.351 e. The molecule has 0 aliphatic heterocycles. The SMILES string of the molecule is Cc1ccc(-n2c(SC(C(=O)NC(N)=O)C(C)C)nc3sc4c(c3c2=O)CCCC4)cc1C. The Labute approximate surface area is 200 Å². The number of primary amides is 1. The first-order chi connectivity index (χ1) is 15.7. The van der Waals surface area contributed by atoms with Crippen molar-refractivity contribution in [1.82, 2.24) is 14.9 Å². The second kappa shape index (κ2) is 9.30. The van der Waals surface area contributed by atoms with Crippen molar-refractivity contribution >= 4 is 45.3 Å². The van der Waals surface area contributed by atoms with Crippen LogP contribution >= 0.6 is 23.1 Å². The number of thiophene rings is 1. The molecule has 3 aromatic rings. The zero-order chi connectivity index (χ0) is 23.9. The highest BCUT2D eigenvalue weighted by molar-refractivity contribution is 8.00. The maximum atomic E-state index is 13.9. The van der Waals surface area contributed by atoms with Crippen LogP contribution in [-0.4, -0.2) is 26.7 Å². The van der Waals surface area contributed by atoms with Crippen LogP contribution in [0.3, 0.4) is 0 Å². The highest BCUT2D eigenvalue weighted by Crippen LogP contribution is 2.36. The first-order valence-corrected chi connectivity index (χ1v) is 12.8. The molecule has 0 radical (unpaired) electrons. The van der Waals surface area contributed by atoms with Crippen LogP contribution < -0.4 is 16.6 Å².